The minimum atomic E-state index is 0. The molecule has 0 spiro atoms. The van der Waals surface area contributed by atoms with Gasteiger partial charge in [-0.2, -0.15) is 0 Å². The van der Waals surface area contributed by atoms with E-state index in [0.29, 0.717) is 6.04 Å². The van der Waals surface area contributed by atoms with Crippen LogP contribution < -0.4 is 10.6 Å². The van der Waals surface area contributed by atoms with Crippen LogP contribution in [0.15, 0.2) is 27.8 Å². The van der Waals surface area contributed by atoms with Crippen molar-refractivity contribution in [2.45, 2.75) is 33.2 Å². The Bertz CT molecular complexity index is 379. The summed E-state index contributed by atoms with van der Waals surface area (Å²) in [6.45, 7) is 9.90. The molecule has 0 aliphatic heterocycles. The van der Waals surface area contributed by atoms with E-state index in [-0.39, 0.29) is 24.0 Å². The highest BCUT2D eigenvalue weighted by molar-refractivity contribution is 14.0. The highest BCUT2D eigenvalue weighted by Crippen LogP contribution is 1.99. The second-order valence-electron chi connectivity index (χ2n) is 5.09. The minimum Gasteiger partial charge on any atom is -0.469 e. The van der Waals surface area contributed by atoms with Gasteiger partial charge in [0.25, 0.3) is 0 Å². The maximum absolute atomic E-state index is 5.31. The third-order valence-corrected chi connectivity index (χ3v) is 3.19. The molecule has 0 atom stereocenters. The average molecular weight is 408 g/mol. The van der Waals surface area contributed by atoms with E-state index in [2.05, 4.69) is 48.3 Å². The van der Waals surface area contributed by atoms with E-state index in [9.17, 15) is 0 Å². The summed E-state index contributed by atoms with van der Waals surface area (Å²) in [5, 5.41) is 6.58. The number of nitrogens with one attached hydrogen (secondary N) is 2. The molecule has 0 unspecified atom stereocenters. The van der Waals surface area contributed by atoms with Crippen molar-refractivity contribution in [1.29, 1.82) is 0 Å². The predicted molar refractivity (Wildman–Crippen MR) is 99.6 cm³/mol. The summed E-state index contributed by atoms with van der Waals surface area (Å²) in [6.07, 6.45) is 2.57. The zero-order valence-electron chi connectivity index (χ0n) is 13.6. The fourth-order valence-corrected chi connectivity index (χ4v) is 1.68. The highest BCUT2D eigenvalue weighted by Gasteiger charge is 2.02. The SMILES string of the molecule is CCNC(=NCCN(C)C(C)C)NCCc1ccco1.I. The van der Waals surface area contributed by atoms with Crippen LogP contribution in [-0.2, 0) is 6.42 Å². The van der Waals surface area contributed by atoms with Crippen LogP contribution in [0.25, 0.3) is 0 Å². The Balaban J connectivity index is 0.00000400. The summed E-state index contributed by atoms with van der Waals surface area (Å²) in [7, 11) is 2.12. The normalized spacial score (nSPS) is 11.6. The minimum absolute atomic E-state index is 0. The van der Waals surface area contributed by atoms with Crippen LogP contribution in [0.3, 0.4) is 0 Å². The van der Waals surface area contributed by atoms with Gasteiger partial charge in [-0.15, -0.1) is 24.0 Å². The molecular weight excluding hydrogens is 379 g/mol. The molecule has 0 aromatic carbocycles. The van der Waals surface area contributed by atoms with E-state index in [1.807, 2.05) is 12.1 Å². The molecule has 5 nitrogen and oxygen atoms in total. The second kappa shape index (κ2) is 11.9. The van der Waals surface area contributed by atoms with Crippen LogP contribution in [0.2, 0.25) is 0 Å². The first-order valence-corrected chi connectivity index (χ1v) is 7.38. The Morgan fingerprint density at radius 2 is 2.14 bits per heavy atom. The predicted octanol–water partition coefficient (Wildman–Crippen LogP) is 2.34. The maximum Gasteiger partial charge on any atom is 0.191 e. The topological polar surface area (TPSA) is 52.8 Å². The van der Waals surface area contributed by atoms with E-state index in [1.54, 1.807) is 6.26 Å². The summed E-state index contributed by atoms with van der Waals surface area (Å²) in [5.41, 5.74) is 0. The Morgan fingerprint density at radius 3 is 2.71 bits per heavy atom. The largest absolute Gasteiger partial charge is 0.469 e. The van der Waals surface area contributed by atoms with Gasteiger partial charge in [-0.3, -0.25) is 4.99 Å². The van der Waals surface area contributed by atoms with Gasteiger partial charge in [0.1, 0.15) is 5.76 Å². The molecule has 1 rings (SSSR count). The number of likely N-dealkylation sites (N-methyl/N-ethyl adjacent to an activating group) is 1. The molecule has 0 saturated carbocycles. The lowest BCUT2D eigenvalue weighted by Gasteiger charge is -2.20. The molecular formula is C15H29IN4O. The Kier molecular flexibility index (Phi) is 11.4. The molecule has 0 saturated heterocycles. The van der Waals surface area contributed by atoms with E-state index in [0.717, 1.165) is 44.3 Å². The van der Waals surface area contributed by atoms with Crippen molar-refractivity contribution in [2.24, 2.45) is 4.99 Å². The first-order chi connectivity index (χ1) is 9.63. The molecule has 0 aliphatic carbocycles. The van der Waals surface area contributed by atoms with Crippen LogP contribution in [0, 0.1) is 0 Å². The first kappa shape index (κ1) is 20.2. The van der Waals surface area contributed by atoms with Crippen LogP contribution in [0.1, 0.15) is 26.5 Å². The number of nitrogens with zero attached hydrogens (tertiary/aromatic N) is 2. The van der Waals surface area contributed by atoms with Gasteiger partial charge < -0.3 is 20.0 Å². The summed E-state index contributed by atoms with van der Waals surface area (Å²) < 4.78 is 5.31. The summed E-state index contributed by atoms with van der Waals surface area (Å²) >= 11 is 0. The third kappa shape index (κ3) is 8.98. The van der Waals surface area contributed by atoms with Gasteiger partial charge in [0.2, 0.25) is 0 Å². The molecule has 2 N–H and O–H groups in total. The molecule has 0 bridgehead atoms. The first-order valence-electron chi connectivity index (χ1n) is 7.38. The lowest BCUT2D eigenvalue weighted by Crippen LogP contribution is -2.39. The Labute approximate surface area is 145 Å². The van der Waals surface area contributed by atoms with E-state index in [4.69, 9.17) is 4.42 Å². The van der Waals surface area contributed by atoms with Gasteiger partial charge in [-0.25, -0.2) is 0 Å². The number of halogens is 1. The van der Waals surface area contributed by atoms with Gasteiger partial charge in [-0.05, 0) is 40.0 Å². The van der Waals surface area contributed by atoms with Crippen LogP contribution in [0.4, 0.5) is 0 Å². The maximum atomic E-state index is 5.31. The fraction of sp³-hybridized carbons (Fsp3) is 0.667. The monoisotopic (exact) mass is 408 g/mol. The lowest BCUT2D eigenvalue weighted by atomic mass is 10.3. The van der Waals surface area contributed by atoms with Gasteiger partial charge in [0, 0.05) is 32.1 Å². The molecule has 1 heterocycles. The van der Waals surface area contributed by atoms with Gasteiger partial charge >= 0.3 is 0 Å². The van der Waals surface area contributed by atoms with Gasteiger partial charge in [-0.1, -0.05) is 0 Å². The quantitative estimate of drug-likeness (QED) is 0.394. The molecule has 122 valence electrons. The van der Waals surface area contributed by atoms with Crippen molar-refractivity contribution < 1.29 is 4.42 Å². The van der Waals surface area contributed by atoms with E-state index >= 15 is 0 Å². The van der Waals surface area contributed by atoms with Crippen molar-refractivity contribution >= 4 is 29.9 Å². The number of furan rings is 1. The standard InChI is InChI=1S/C15H28N4O.HI/c1-5-16-15(18-10-11-19(4)13(2)3)17-9-8-14-7-6-12-20-14;/h6-7,12-13H,5,8-11H2,1-4H3,(H2,16,17,18);1H. The Hall–Kier alpha value is -0.760. The number of hydrogen-bond acceptors (Lipinski definition) is 3. The molecule has 6 heteroatoms. The third-order valence-electron chi connectivity index (χ3n) is 3.19. The zero-order valence-corrected chi connectivity index (χ0v) is 15.9. The van der Waals surface area contributed by atoms with Gasteiger partial charge in [0.15, 0.2) is 5.96 Å². The fourth-order valence-electron chi connectivity index (χ4n) is 1.68. The van der Waals surface area contributed by atoms with Gasteiger partial charge in [0.05, 0.1) is 12.8 Å². The van der Waals surface area contributed by atoms with E-state index < -0.39 is 0 Å². The van der Waals surface area contributed by atoms with Crippen molar-refractivity contribution in [1.82, 2.24) is 15.5 Å². The number of aliphatic imine (C=N–C) groups is 1. The molecule has 0 aliphatic rings. The number of rotatable bonds is 8. The Morgan fingerprint density at radius 1 is 1.38 bits per heavy atom. The molecule has 1 aromatic rings. The molecule has 0 amide bonds. The second-order valence-corrected chi connectivity index (χ2v) is 5.09. The summed E-state index contributed by atoms with van der Waals surface area (Å²) in [5.74, 6) is 1.86. The zero-order chi connectivity index (χ0) is 14.8. The van der Waals surface area contributed by atoms with Crippen LogP contribution >= 0.6 is 24.0 Å². The summed E-state index contributed by atoms with van der Waals surface area (Å²) in [4.78, 5) is 6.86. The number of guanidine groups is 1. The molecule has 1 aromatic heterocycles. The van der Waals surface area contributed by atoms with E-state index in [1.165, 1.54) is 0 Å². The van der Waals surface area contributed by atoms with Crippen LogP contribution in [-0.4, -0.2) is 50.1 Å². The smallest absolute Gasteiger partial charge is 0.191 e. The summed E-state index contributed by atoms with van der Waals surface area (Å²) in [6, 6.07) is 4.46. The lowest BCUT2D eigenvalue weighted by molar-refractivity contribution is 0.282. The average Bonchev–Trinajstić information content (AvgIpc) is 2.91. The molecule has 0 radical (unpaired) electrons. The molecule has 21 heavy (non-hydrogen) atoms. The van der Waals surface area contributed by atoms with Crippen LogP contribution in [0.5, 0.6) is 0 Å². The van der Waals surface area contributed by atoms with Crippen molar-refractivity contribution in [3.05, 3.63) is 24.2 Å². The highest BCUT2D eigenvalue weighted by atomic mass is 127. The molecule has 0 fully saturated rings. The van der Waals surface area contributed by atoms with Crippen molar-refractivity contribution in [3.8, 4) is 0 Å². The van der Waals surface area contributed by atoms with Crippen molar-refractivity contribution in [2.75, 3.05) is 33.2 Å². The number of hydrogen-bond donors (Lipinski definition) is 2. The van der Waals surface area contributed by atoms with Crippen molar-refractivity contribution in [3.63, 3.8) is 0 Å².